The molecule has 0 N–H and O–H groups in total. The molecule has 0 aliphatic carbocycles. The van der Waals surface area contributed by atoms with Crippen LogP contribution in [0.1, 0.15) is 25.8 Å². The van der Waals surface area contributed by atoms with Crippen molar-refractivity contribution in [1.29, 1.82) is 0 Å². The van der Waals surface area contributed by atoms with Crippen LogP contribution in [0.4, 0.5) is 0 Å². The summed E-state index contributed by atoms with van der Waals surface area (Å²) in [5, 5.41) is 0.693. The number of carbonyl (C=O) groups excluding carboxylic acids is 1. The van der Waals surface area contributed by atoms with Crippen molar-refractivity contribution < 1.29 is 9.53 Å². The first kappa shape index (κ1) is 13.6. The lowest BCUT2D eigenvalue weighted by Crippen LogP contribution is -1.98. The van der Waals surface area contributed by atoms with Crippen LogP contribution < -0.4 is 0 Å². The molecule has 90 valence electrons. The monoisotopic (exact) mass is 250 g/mol. The highest BCUT2D eigenvalue weighted by atomic mass is 35.5. The molecule has 17 heavy (non-hydrogen) atoms. The molecule has 2 nitrogen and oxygen atoms in total. The van der Waals surface area contributed by atoms with Crippen molar-refractivity contribution in [1.82, 2.24) is 0 Å². The van der Waals surface area contributed by atoms with E-state index in [9.17, 15) is 4.79 Å². The second-order valence-corrected chi connectivity index (χ2v) is 3.82. The summed E-state index contributed by atoms with van der Waals surface area (Å²) in [7, 11) is 0. The highest BCUT2D eigenvalue weighted by Crippen LogP contribution is 2.19. The normalized spacial score (nSPS) is 9.35. The van der Waals surface area contributed by atoms with Crippen molar-refractivity contribution in [2.45, 2.75) is 20.3 Å². The zero-order valence-corrected chi connectivity index (χ0v) is 10.8. The van der Waals surface area contributed by atoms with Gasteiger partial charge in [0.15, 0.2) is 0 Å². The van der Waals surface area contributed by atoms with Gasteiger partial charge in [-0.25, -0.2) is 4.79 Å². The minimum atomic E-state index is -0.368. The Hall–Kier alpha value is -1.50. The highest BCUT2D eigenvalue weighted by molar-refractivity contribution is 6.30. The Morgan fingerprint density at radius 1 is 1.35 bits per heavy atom. The van der Waals surface area contributed by atoms with Crippen LogP contribution in [0.25, 0.3) is 5.57 Å². The van der Waals surface area contributed by atoms with Crippen molar-refractivity contribution in [3.63, 3.8) is 0 Å². The van der Waals surface area contributed by atoms with E-state index in [0.29, 0.717) is 11.6 Å². The molecular formula is C14H15ClO2. The summed E-state index contributed by atoms with van der Waals surface area (Å²) in [6, 6.07) is 7.46. The lowest BCUT2D eigenvalue weighted by molar-refractivity contribution is -0.137. The van der Waals surface area contributed by atoms with Gasteiger partial charge in [-0.05, 0) is 31.0 Å². The van der Waals surface area contributed by atoms with Gasteiger partial charge in [-0.3, -0.25) is 0 Å². The van der Waals surface area contributed by atoms with E-state index in [0.717, 1.165) is 17.6 Å². The number of esters is 1. The Kier molecular flexibility index (Phi) is 5.55. The third kappa shape index (κ3) is 4.48. The van der Waals surface area contributed by atoms with Crippen molar-refractivity contribution in [2.24, 2.45) is 0 Å². The second-order valence-electron chi connectivity index (χ2n) is 3.38. The van der Waals surface area contributed by atoms with Crippen molar-refractivity contribution in [3.8, 4) is 0 Å². The van der Waals surface area contributed by atoms with Crippen LogP contribution in [0, 0.1) is 0 Å². The maximum Gasteiger partial charge on any atom is 0.338 e. The lowest BCUT2D eigenvalue weighted by Gasteiger charge is -2.01. The smallest absolute Gasteiger partial charge is 0.338 e. The molecule has 0 bridgehead atoms. The summed E-state index contributed by atoms with van der Waals surface area (Å²) in [5.74, 6) is -0.368. The minimum absolute atomic E-state index is 0.368. The van der Waals surface area contributed by atoms with Crippen LogP contribution in [-0.4, -0.2) is 12.6 Å². The van der Waals surface area contributed by atoms with Gasteiger partial charge in [0.05, 0.1) is 12.7 Å². The maximum absolute atomic E-state index is 11.2. The second kappa shape index (κ2) is 6.95. The van der Waals surface area contributed by atoms with Gasteiger partial charge in [-0.2, -0.15) is 0 Å². The number of rotatable bonds is 4. The third-order valence-corrected chi connectivity index (χ3v) is 2.45. The van der Waals surface area contributed by atoms with Crippen LogP contribution in [0.5, 0.6) is 0 Å². The Morgan fingerprint density at radius 2 is 2.00 bits per heavy atom. The Labute approximate surface area is 107 Å². The molecule has 0 radical (unpaired) electrons. The molecule has 0 aliphatic heterocycles. The average Bonchev–Trinajstić information content (AvgIpc) is 2.32. The van der Waals surface area contributed by atoms with Gasteiger partial charge in [-0.15, -0.1) is 5.73 Å². The number of benzene rings is 1. The number of halogens is 1. The molecule has 1 aromatic rings. The summed E-state index contributed by atoms with van der Waals surface area (Å²) < 4.78 is 4.80. The Balaban J connectivity index is 2.94. The van der Waals surface area contributed by atoms with Crippen molar-refractivity contribution in [2.75, 3.05) is 6.61 Å². The summed E-state index contributed by atoms with van der Waals surface area (Å²) >= 11 is 5.82. The van der Waals surface area contributed by atoms with Crippen molar-refractivity contribution >= 4 is 23.1 Å². The number of carbonyl (C=O) groups is 1. The fraction of sp³-hybridized carbons (Fsp3) is 0.286. The van der Waals surface area contributed by atoms with Crippen molar-refractivity contribution in [3.05, 3.63) is 46.7 Å². The molecular weight excluding hydrogens is 236 g/mol. The molecule has 0 saturated heterocycles. The standard InChI is InChI=1S/C14H15ClO2/c1-3-11(7-10-14(16)17-4-2)12-5-8-13(15)9-6-12/h5-6,8-10H,3-4H2,1-2H3. The first-order chi connectivity index (χ1) is 8.17. The van der Waals surface area contributed by atoms with E-state index in [1.165, 1.54) is 6.08 Å². The Morgan fingerprint density at radius 3 is 2.53 bits per heavy atom. The van der Waals surface area contributed by atoms with E-state index >= 15 is 0 Å². The van der Waals surface area contributed by atoms with E-state index in [1.807, 2.05) is 31.2 Å². The van der Waals surface area contributed by atoms with E-state index in [2.05, 4.69) is 5.73 Å². The molecule has 0 amide bonds. The van der Waals surface area contributed by atoms with E-state index < -0.39 is 0 Å². The Bertz CT molecular complexity index is 440. The summed E-state index contributed by atoms with van der Waals surface area (Å²) in [6.07, 6.45) is 2.12. The molecule has 0 unspecified atom stereocenters. The van der Waals surface area contributed by atoms with Gasteiger partial charge in [0, 0.05) is 10.6 Å². The van der Waals surface area contributed by atoms with E-state index in [-0.39, 0.29) is 5.97 Å². The first-order valence-electron chi connectivity index (χ1n) is 5.55. The maximum atomic E-state index is 11.2. The van der Waals surface area contributed by atoms with Crippen LogP contribution in [0.3, 0.4) is 0 Å². The molecule has 0 fully saturated rings. The molecule has 0 heterocycles. The van der Waals surface area contributed by atoms with Gasteiger partial charge in [0.25, 0.3) is 0 Å². The largest absolute Gasteiger partial charge is 0.462 e. The van der Waals surface area contributed by atoms with Gasteiger partial charge in [-0.1, -0.05) is 30.7 Å². The highest BCUT2D eigenvalue weighted by Gasteiger charge is 1.99. The summed E-state index contributed by atoms with van der Waals surface area (Å²) in [5.41, 5.74) is 4.93. The molecule has 0 saturated carbocycles. The van der Waals surface area contributed by atoms with Gasteiger partial charge < -0.3 is 4.74 Å². The third-order valence-electron chi connectivity index (χ3n) is 2.20. The van der Waals surface area contributed by atoms with E-state index in [1.54, 1.807) is 6.92 Å². The fourth-order valence-electron chi connectivity index (χ4n) is 1.37. The molecule has 0 atom stereocenters. The number of hydrogen-bond donors (Lipinski definition) is 0. The lowest BCUT2D eigenvalue weighted by atomic mass is 10.0. The van der Waals surface area contributed by atoms with Crippen LogP contribution in [0.2, 0.25) is 5.02 Å². The zero-order valence-electron chi connectivity index (χ0n) is 10.00. The van der Waals surface area contributed by atoms with E-state index in [4.69, 9.17) is 16.3 Å². The molecule has 0 aliphatic rings. The summed E-state index contributed by atoms with van der Waals surface area (Å²) in [4.78, 5) is 11.2. The number of hydrogen-bond acceptors (Lipinski definition) is 2. The SMILES string of the molecule is CCOC(=O)C=C=C(CC)c1ccc(Cl)cc1. The minimum Gasteiger partial charge on any atom is -0.462 e. The van der Waals surface area contributed by atoms with Gasteiger partial charge >= 0.3 is 5.97 Å². The van der Waals surface area contributed by atoms with Crippen LogP contribution >= 0.6 is 11.6 Å². The quantitative estimate of drug-likeness (QED) is 0.461. The average molecular weight is 251 g/mol. The first-order valence-corrected chi connectivity index (χ1v) is 5.93. The fourth-order valence-corrected chi connectivity index (χ4v) is 1.50. The topological polar surface area (TPSA) is 26.3 Å². The van der Waals surface area contributed by atoms with Crippen LogP contribution in [-0.2, 0) is 9.53 Å². The predicted octanol–water partition coefficient (Wildman–Crippen LogP) is 3.85. The molecule has 0 spiro atoms. The van der Waals surface area contributed by atoms with Crippen LogP contribution in [0.15, 0.2) is 36.1 Å². The molecule has 0 aromatic heterocycles. The summed E-state index contributed by atoms with van der Waals surface area (Å²) in [6.45, 7) is 4.16. The predicted molar refractivity (Wildman–Crippen MR) is 69.9 cm³/mol. The van der Waals surface area contributed by atoms with Gasteiger partial charge in [0.2, 0.25) is 0 Å². The molecule has 1 rings (SSSR count). The molecule has 1 aromatic carbocycles. The van der Waals surface area contributed by atoms with Gasteiger partial charge in [0.1, 0.15) is 0 Å². The zero-order chi connectivity index (χ0) is 12.7. The number of ether oxygens (including phenoxy) is 1. The molecule has 3 heteroatoms.